The molecule has 196 valence electrons. The number of hydrogen-bond acceptors (Lipinski definition) is 7. The Hall–Kier alpha value is -3.17. The maximum Gasteiger partial charge on any atom is 0.337 e. The summed E-state index contributed by atoms with van der Waals surface area (Å²) >= 11 is 1.22. The summed E-state index contributed by atoms with van der Waals surface area (Å²) in [6, 6.07) is 17.2. The van der Waals surface area contributed by atoms with Gasteiger partial charge in [-0.2, -0.15) is 8.42 Å². The van der Waals surface area contributed by atoms with Gasteiger partial charge in [0.05, 0.1) is 11.1 Å². The lowest BCUT2D eigenvalue weighted by Gasteiger charge is -2.37. The highest BCUT2D eigenvalue weighted by Gasteiger charge is 2.40. The van der Waals surface area contributed by atoms with E-state index in [1.807, 2.05) is 24.3 Å². The number of hydrogen-bond donors (Lipinski definition) is 2. The number of anilines is 1. The quantitative estimate of drug-likeness (QED) is 0.265. The highest BCUT2D eigenvalue weighted by atomic mass is 32.2. The van der Waals surface area contributed by atoms with Crippen molar-refractivity contribution in [3.63, 3.8) is 0 Å². The number of aromatic nitrogens is 1. The lowest BCUT2D eigenvalue weighted by molar-refractivity contribution is -0.161. The molecule has 9 heteroatoms. The Morgan fingerprint density at radius 2 is 1.84 bits per heavy atom. The van der Waals surface area contributed by atoms with Gasteiger partial charge in [-0.05, 0) is 61.8 Å². The van der Waals surface area contributed by atoms with E-state index >= 15 is 0 Å². The Balaban J connectivity index is 1.37. The third kappa shape index (κ3) is 6.99. The molecule has 1 unspecified atom stereocenters. The average Bonchev–Trinajstić information content (AvgIpc) is 3.42. The van der Waals surface area contributed by atoms with E-state index in [1.165, 1.54) is 27.8 Å². The number of carbonyl (C=O) groups is 1. The lowest BCUT2D eigenvalue weighted by atomic mass is 9.83. The maximum atomic E-state index is 13.0. The highest BCUT2D eigenvalue weighted by Crippen LogP contribution is 2.38. The van der Waals surface area contributed by atoms with Crippen LogP contribution in [0, 0.1) is 0 Å². The van der Waals surface area contributed by atoms with E-state index in [4.69, 9.17) is 4.74 Å². The first-order chi connectivity index (χ1) is 17.8. The maximum absolute atomic E-state index is 13.0. The minimum Gasteiger partial charge on any atom is -0.512 e. The Labute approximate surface area is 222 Å². The van der Waals surface area contributed by atoms with E-state index in [-0.39, 0.29) is 10.8 Å². The molecule has 0 spiro atoms. The topological polar surface area (TPSA) is 106 Å². The van der Waals surface area contributed by atoms with Crippen LogP contribution in [0.1, 0.15) is 56.6 Å². The van der Waals surface area contributed by atoms with Gasteiger partial charge in [0, 0.05) is 17.5 Å². The molecule has 0 amide bonds. The fraction of sp³-hybridized carbons (Fsp3) is 0.357. The summed E-state index contributed by atoms with van der Waals surface area (Å²) in [4.78, 5) is 16.8. The molecule has 2 aromatic carbocycles. The van der Waals surface area contributed by atoms with Crippen molar-refractivity contribution >= 4 is 33.0 Å². The van der Waals surface area contributed by atoms with Crippen molar-refractivity contribution in [2.24, 2.45) is 0 Å². The van der Waals surface area contributed by atoms with E-state index in [0.717, 1.165) is 18.4 Å². The van der Waals surface area contributed by atoms with Gasteiger partial charge in [-0.25, -0.2) is 9.78 Å². The van der Waals surface area contributed by atoms with Gasteiger partial charge in [-0.15, -0.1) is 11.3 Å². The number of carbonyl (C=O) groups excluding carboxylic acids is 1. The fourth-order valence-electron chi connectivity index (χ4n) is 4.75. The molecule has 7 nitrogen and oxygen atoms in total. The van der Waals surface area contributed by atoms with Gasteiger partial charge in [0.15, 0.2) is 5.03 Å². The third-order valence-corrected chi connectivity index (χ3v) is 8.58. The first kappa shape index (κ1) is 26.9. The van der Waals surface area contributed by atoms with E-state index < -0.39 is 21.6 Å². The molecule has 1 aliphatic heterocycles. The first-order valence-corrected chi connectivity index (χ1v) is 14.9. The van der Waals surface area contributed by atoms with Crippen LogP contribution in [0.2, 0.25) is 0 Å². The van der Waals surface area contributed by atoms with Crippen LogP contribution in [-0.2, 0) is 32.4 Å². The summed E-state index contributed by atoms with van der Waals surface area (Å²) in [6.07, 6.45) is 4.95. The molecule has 37 heavy (non-hydrogen) atoms. The number of benzene rings is 2. The zero-order valence-corrected chi connectivity index (χ0v) is 22.5. The van der Waals surface area contributed by atoms with Crippen molar-refractivity contribution in [2.45, 2.75) is 68.9 Å². The van der Waals surface area contributed by atoms with Gasteiger partial charge in [0.2, 0.25) is 0 Å². The number of aliphatic hydroxyl groups excluding tert-OH is 1. The second kappa shape index (κ2) is 11.9. The molecule has 4 rings (SSSR count). The lowest BCUT2D eigenvalue weighted by Crippen LogP contribution is -2.40. The van der Waals surface area contributed by atoms with Crippen LogP contribution in [-0.4, -0.2) is 30.1 Å². The average molecular weight is 541 g/mol. The summed E-state index contributed by atoms with van der Waals surface area (Å²) < 4.78 is 33.4. The number of thiazole rings is 1. The fourth-order valence-corrected chi connectivity index (χ4v) is 6.63. The number of cyclic esters (lactones) is 1. The molecule has 0 aliphatic carbocycles. The molecule has 0 fully saturated rings. The van der Waals surface area contributed by atoms with Gasteiger partial charge in [-0.1, -0.05) is 55.8 Å². The number of nitrogens with zero attached hydrogens (tertiary/aromatic N) is 1. The minimum absolute atomic E-state index is 0.0101. The van der Waals surface area contributed by atoms with Crippen molar-refractivity contribution in [3.05, 3.63) is 87.9 Å². The third-order valence-electron chi connectivity index (χ3n) is 6.57. The summed E-state index contributed by atoms with van der Waals surface area (Å²) in [5.41, 5.74) is 3.68. The van der Waals surface area contributed by atoms with Gasteiger partial charge in [-0.3, -0.25) is 4.72 Å². The van der Waals surface area contributed by atoms with Crippen LogP contribution in [0.3, 0.4) is 0 Å². The molecule has 1 atom stereocenters. The van der Waals surface area contributed by atoms with E-state index in [2.05, 4.69) is 28.8 Å². The Bertz CT molecular complexity index is 1340. The zero-order valence-electron chi connectivity index (χ0n) is 20.9. The molecular weight excluding hydrogens is 508 g/mol. The van der Waals surface area contributed by atoms with E-state index in [1.54, 1.807) is 18.2 Å². The molecular formula is C28H32N2O5S2. The normalized spacial score (nSPS) is 18.0. The van der Waals surface area contributed by atoms with Gasteiger partial charge < -0.3 is 9.84 Å². The minimum atomic E-state index is -3.73. The van der Waals surface area contributed by atoms with Gasteiger partial charge >= 0.3 is 5.97 Å². The SMILES string of the molecule is CCCC1(CCc2ccccc2)CC(O)=C(CCCc2cccc(NS(=O)(=O)c3cscn3)c2)C(=O)O1. The van der Waals surface area contributed by atoms with Crippen LogP contribution in [0.4, 0.5) is 5.69 Å². The molecule has 0 bridgehead atoms. The smallest absolute Gasteiger partial charge is 0.337 e. The monoisotopic (exact) mass is 540 g/mol. The molecule has 1 aromatic heterocycles. The zero-order chi connectivity index (χ0) is 26.3. The molecule has 0 saturated heterocycles. The number of esters is 1. The van der Waals surface area contributed by atoms with Crippen LogP contribution < -0.4 is 4.72 Å². The van der Waals surface area contributed by atoms with Crippen LogP contribution >= 0.6 is 11.3 Å². The summed E-state index contributed by atoms with van der Waals surface area (Å²) in [5.74, 6) is -0.308. The number of rotatable bonds is 12. The highest BCUT2D eigenvalue weighted by molar-refractivity contribution is 7.92. The number of sulfonamides is 1. The summed E-state index contributed by atoms with van der Waals surface area (Å²) in [6.45, 7) is 2.06. The molecule has 2 heterocycles. The predicted molar refractivity (Wildman–Crippen MR) is 145 cm³/mol. The number of aryl methyl sites for hydroxylation is 2. The number of aliphatic hydroxyl groups is 1. The first-order valence-electron chi connectivity index (χ1n) is 12.5. The molecule has 2 N–H and O–H groups in total. The van der Waals surface area contributed by atoms with E-state index in [0.29, 0.717) is 49.8 Å². The molecule has 1 aliphatic rings. The van der Waals surface area contributed by atoms with Gasteiger partial charge in [0.25, 0.3) is 10.0 Å². The summed E-state index contributed by atoms with van der Waals surface area (Å²) in [5, 5.41) is 12.3. The Morgan fingerprint density at radius 3 is 2.54 bits per heavy atom. The van der Waals surface area contributed by atoms with E-state index in [9.17, 15) is 18.3 Å². The number of ether oxygens (including phenoxy) is 1. The van der Waals surface area contributed by atoms with Crippen LogP contribution in [0.25, 0.3) is 0 Å². The van der Waals surface area contributed by atoms with Crippen molar-refractivity contribution in [2.75, 3.05) is 4.72 Å². The largest absolute Gasteiger partial charge is 0.512 e. The van der Waals surface area contributed by atoms with Crippen molar-refractivity contribution in [3.8, 4) is 0 Å². The standard InChI is InChI=1S/C28H32N2O5S2/c1-2-15-28(16-14-21-8-4-3-5-9-21)18-25(31)24(27(32)35-28)13-7-11-22-10-6-12-23(17-22)30-37(33,34)26-19-36-20-29-26/h3-6,8-10,12,17,19-20,30-31H,2,7,11,13-16,18H2,1H3. The second-order valence-electron chi connectivity index (χ2n) is 9.40. The Kier molecular flexibility index (Phi) is 8.66. The predicted octanol–water partition coefficient (Wildman–Crippen LogP) is 6.20. The molecule has 0 radical (unpaired) electrons. The van der Waals surface area contributed by atoms with Gasteiger partial charge in [0.1, 0.15) is 11.4 Å². The molecule has 3 aromatic rings. The number of nitrogens with one attached hydrogen (secondary N) is 1. The van der Waals surface area contributed by atoms with Crippen molar-refractivity contribution in [1.82, 2.24) is 4.98 Å². The Morgan fingerprint density at radius 1 is 1.05 bits per heavy atom. The van der Waals surface area contributed by atoms with Crippen molar-refractivity contribution in [1.29, 1.82) is 0 Å². The molecule has 0 saturated carbocycles. The summed E-state index contributed by atoms with van der Waals surface area (Å²) in [7, 11) is -3.73. The van der Waals surface area contributed by atoms with Crippen LogP contribution in [0.5, 0.6) is 0 Å². The second-order valence-corrected chi connectivity index (χ2v) is 11.7. The van der Waals surface area contributed by atoms with Crippen LogP contribution in [0.15, 0.2) is 81.8 Å². The van der Waals surface area contributed by atoms with Crippen molar-refractivity contribution < 1.29 is 23.1 Å².